The van der Waals surface area contributed by atoms with Gasteiger partial charge in [0.2, 0.25) is 10.0 Å². The van der Waals surface area contributed by atoms with E-state index in [-0.39, 0.29) is 12.3 Å². The Bertz CT molecular complexity index is 1210. The Morgan fingerprint density at radius 2 is 1.79 bits per heavy atom. The van der Waals surface area contributed by atoms with Gasteiger partial charge in [0.1, 0.15) is 0 Å². The summed E-state index contributed by atoms with van der Waals surface area (Å²) in [6, 6.07) is 11.2. The highest BCUT2D eigenvalue weighted by Crippen LogP contribution is 2.28. The molecule has 0 spiro atoms. The van der Waals surface area contributed by atoms with Crippen LogP contribution in [0.25, 0.3) is 11.4 Å². The molecule has 0 amide bonds. The molecule has 0 saturated heterocycles. The average molecular weight is 470 g/mol. The first-order chi connectivity index (χ1) is 15.8. The van der Waals surface area contributed by atoms with E-state index in [0.29, 0.717) is 31.0 Å². The monoisotopic (exact) mass is 469 g/mol. The van der Waals surface area contributed by atoms with E-state index >= 15 is 0 Å². The summed E-state index contributed by atoms with van der Waals surface area (Å²) in [5, 5.41) is 0. The van der Waals surface area contributed by atoms with Crippen LogP contribution in [0.1, 0.15) is 35.6 Å². The molecule has 1 aromatic heterocycles. The molecule has 0 unspecified atom stereocenters. The largest absolute Gasteiger partial charge is 0.490 e. The molecule has 0 N–H and O–H groups in total. The van der Waals surface area contributed by atoms with Crippen molar-refractivity contribution in [1.29, 1.82) is 0 Å². The van der Waals surface area contributed by atoms with Gasteiger partial charge >= 0.3 is 0 Å². The lowest BCUT2D eigenvalue weighted by Crippen LogP contribution is -2.35. The van der Waals surface area contributed by atoms with E-state index in [2.05, 4.69) is 29.0 Å². The van der Waals surface area contributed by atoms with Gasteiger partial charge in [-0.1, -0.05) is 31.2 Å². The summed E-state index contributed by atoms with van der Waals surface area (Å²) in [5.41, 5.74) is 4.89. The molecule has 3 aromatic rings. The average Bonchev–Trinajstić information content (AvgIpc) is 2.81. The maximum Gasteiger partial charge on any atom is 0.211 e. The number of aryl methyl sites for hydroxylation is 2. The van der Waals surface area contributed by atoms with Crippen LogP contribution in [0.2, 0.25) is 0 Å². The molecule has 1 aliphatic heterocycles. The molecule has 0 aliphatic carbocycles. The molecule has 0 fully saturated rings. The van der Waals surface area contributed by atoms with E-state index < -0.39 is 15.8 Å². The lowest BCUT2D eigenvalue weighted by molar-refractivity contribution is 0.294. The van der Waals surface area contributed by atoms with Crippen molar-refractivity contribution in [2.24, 2.45) is 0 Å². The zero-order chi connectivity index (χ0) is 23.4. The van der Waals surface area contributed by atoms with Gasteiger partial charge in [-0.3, -0.25) is 0 Å². The zero-order valence-corrected chi connectivity index (χ0v) is 19.7. The topological polar surface area (TPSA) is 72.4 Å². The Labute approximate surface area is 194 Å². The molecule has 0 radical (unpaired) electrons. The van der Waals surface area contributed by atoms with Gasteiger partial charge in [0, 0.05) is 31.0 Å². The van der Waals surface area contributed by atoms with Crippen LogP contribution in [0.5, 0.6) is 5.75 Å². The van der Waals surface area contributed by atoms with Crippen molar-refractivity contribution in [2.75, 3.05) is 19.4 Å². The summed E-state index contributed by atoms with van der Waals surface area (Å²) in [6.45, 7) is 3.08. The van der Waals surface area contributed by atoms with Crippen molar-refractivity contribution in [3.63, 3.8) is 0 Å². The third kappa shape index (κ3) is 5.75. The van der Waals surface area contributed by atoms with Crippen molar-refractivity contribution in [3.05, 3.63) is 76.9 Å². The van der Waals surface area contributed by atoms with Gasteiger partial charge in [-0.15, -0.1) is 0 Å². The summed E-state index contributed by atoms with van der Waals surface area (Å²) in [7, 11) is -3.28. The molecule has 174 valence electrons. The fourth-order valence-electron chi connectivity index (χ4n) is 3.89. The maximum absolute atomic E-state index is 14.5. The van der Waals surface area contributed by atoms with E-state index in [1.807, 2.05) is 24.5 Å². The van der Waals surface area contributed by atoms with Crippen molar-refractivity contribution < 1.29 is 17.5 Å². The number of fused-ring (bicyclic) bond motifs is 1. The number of halogens is 1. The minimum atomic E-state index is -3.28. The first-order valence-corrected chi connectivity index (χ1v) is 13.0. The third-order valence-electron chi connectivity index (χ3n) is 5.89. The highest BCUT2D eigenvalue weighted by Gasteiger charge is 2.24. The summed E-state index contributed by atoms with van der Waals surface area (Å²) >= 11 is 0. The number of ether oxygens (including phenoxy) is 1. The predicted molar refractivity (Wildman–Crippen MR) is 126 cm³/mol. The smallest absolute Gasteiger partial charge is 0.211 e. The summed E-state index contributed by atoms with van der Waals surface area (Å²) < 4.78 is 45.1. The Morgan fingerprint density at radius 1 is 1.06 bits per heavy atom. The molecule has 1 aliphatic rings. The molecular formula is C25H28FN3O3S. The standard InChI is InChI=1S/C25H28FN3O3S/c1-3-18-15-27-25(28-16-18)20-8-6-19(7-9-20)5-4-12-32-24-14-21-10-11-29(33(2,30)31)17-22(21)13-23(24)26/h6-9,13-16H,3-5,10-12,17H2,1-2H3. The lowest BCUT2D eigenvalue weighted by Gasteiger charge is -2.27. The number of nitrogens with zero attached hydrogens (tertiary/aromatic N) is 3. The molecule has 0 bridgehead atoms. The molecule has 2 heterocycles. The Balaban J connectivity index is 1.30. The number of hydrogen-bond acceptors (Lipinski definition) is 5. The third-order valence-corrected chi connectivity index (χ3v) is 7.14. The minimum Gasteiger partial charge on any atom is -0.490 e. The van der Waals surface area contributed by atoms with Gasteiger partial charge < -0.3 is 4.74 Å². The van der Waals surface area contributed by atoms with E-state index in [1.165, 1.54) is 22.2 Å². The lowest BCUT2D eigenvalue weighted by atomic mass is 10.0. The summed E-state index contributed by atoms with van der Waals surface area (Å²) in [4.78, 5) is 8.83. The Morgan fingerprint density at radius 3 is 2.45 bits per heavy atom. The van der Waals surface area contributed by atoms with Crippen LogP contribution in [0, 0.1) is 5.82 Å². The van der Waals surface area contributed by atoms with Gasteiger partial charge in [0.05, 0.1) is 12.9 Å². The van der Waals surface area contributed by atoms with Gasteiger partial charge in [-0.05, 0) is 60.1 Å². The zero-order valence-electron chi connectivity index (χ0n) is 18.9. The number of hydrogen-bond donors (Lipinski definition) is 0. The summed E-state index contributed by atoms with van der Waals surface area (Å²) in [5.74, 6) is 0.483. The van der Waals surface area contributed by atoms with Gasteiger partial charge in [0.15, 0.2) is 17.4 Å². The second-order valence-corrected chi connectivity index (χ2v) is 10.3. The number of aromatic nitrogens is 2. The van der Waals surface area contributed by atoms with Gasteiger partial charge in [0.25, 0.3) is 0 Å². The molecule has 2 aromatic carbocycles. The molecular weight excluding hydrogens is 441 g/mol. The van der Waals surface area contributed by atoms with E-state index in [0.717, 1.165) is 36.0 Å². The van der Waals surface area contributed by atoms with Crippen LogP contribution in [-0.2, 0) is 35.8 Å². The van der Waals surface area contributed by atoms with Crippen LogP contribution < -0.4 is 4.74 Å². The van der Waals surface area contributed by atoms with E-state index in [9.17, 15) is 12.8 Å². The van der Waals surface area contributed by atoms with Crippen molar-refractivity contribution in [1.82, 2.24) is 14.3 Å². The fraction of sp³-hybridized carbons (Fsp3) is 0.360. The van der Waals surface area contributed by atoms with Crippen molar-refractivity contribution in [2.45, 2.75) is 39.2 Å². The van der Waals surface area contributed by atoms with Crippen LogP contribution in [-0.4, -0.2) is 42.1 Å². The SMILES string of the molecule is CCc1cnc(-c2ccc(CCCOc3cc4c(cc3F)CN(S(C)(=O)=O)CC4)cc2)nc1. The second kappa shape index (κ2) is 9.97. The van der Waals surface area contributed by atoms with Crippen LogP contribution in [0.3, 0.4) is 0 Å². The number of sulfonamides is 1. The molecule has 8 heteroatoms. The highest BCUT2D eigenvalue weighted by molar-refractivity contribution is 7.88. The van der Waals surface area contributed by atoms with Crippen molar-refractivity contribution >= 4 is 10.0 Å². The predicted octanol–water partition coefficient (Wildman–Crippen LogP) is 4.17. The van der Waals surface area contributed by atoms with Crippen LogP contribution in [0.4, 0.5) is 4.39 Å². The first kappa shape index (κ1) is 23.3. The van der Waals surface area contributed by atoms with E-state index in [4.69, 9.17) is 4.74 Å². The number of benzene rings is 2. The molecule has 0 saturated carbocycles. The van der Waals surface area contributed by atoms with E-state index in [1.54, 1.807) is 6.07 Å². The normalized spacial score (nSPS) is 14.2. The fourth-order valence-corrected chi connectivity index (χ4v) is 4.69. The summed E-state index contributed by atoms with van der Waals surface area (Å²) in [6.07, 6.45) is 7.92. The van der Waals surface area contributed by atoms with Gasteiger partial charge in [-0.2, -0.15) is 4.31 Å². The van der Waals surface area contributed by atoms with Crippen LogP contribution >= 0.6 is 0 Å². The second-order valence-electron chi connectivity index (χ2n) is 8.32. The molecule has 0 atom stereocenters. The van der Waals surface area contributed by atoms with Crippen LogP contribution in [0.15, 0.2) is 48.8 Å². The minimum absolute atomic E-state index is 0.204. The van der Waals surface area contributed by atoms with Gasteiger partial charge in [-0.25, -0.2) is 22.8 Å². The number of rotatable bonds is 8. The first-order valence-electron chi connectivity index (χ1n) is 11.1. The maximum atomic E-state index is 14.5. The van der Waals surface area contributed by atoms with Crippen molar-refractivity contribution in [3.8, 4) is 17.1 Å². The molecule has 6 nitrogen and oxygen atoms in total. The Hall–Kier alpha value is -2.84. The highest BCUT2D eigenvalue weighted by atomic mass is 32.2. The molecule has 4 rings (SSSR count). The quantitative estimate of drug-likeness (QED) is 0.463. The molecule has 33 heavy (non-hydrogen) atoms. The Kier molecular flexibility index (Phi) is 7.05.